The van der Waals surface area contributed by atoms with Crippen molar-refractivity contribution in [1.29, 1.82) is 0 Å². The van der Waals surface area contributed by atoms with E-state index < -0.39 is 0 Å². The summed E-state index contributed by atoms with van der Waals surface area (Å²) >= 11 is 0. The van der Waals surface area contributed by atoms with E-state index in [4.69, 9.17) is 14.0 Å². The van der Waals surface area contributed by atoms with E-state index in [9.17, 15) is 0 Å². The summed E-state index contributed by atoms with van der Waals surface area (Å²) in [5.74, 6) is 2.49. The maximum Gasteiger partial charge on any atom is 0.228 e. The molecule has 2 rings (SSSR count). The smallest absolute Gasteiger partial charge is 0.228 e. The molecule has 0 bridgehead atoms. The molecule has 0 radical (unpaired) electrons. The zero-order valence-corrected chi connectivity index (χ0v) is 15.6. The highest BCUT2D eigenvalue weighted by atomic mass is 16.5. The monoisotopic (exact) mass is 353 g/mol. The lowest BCUT2D eigenvalue weighted by Crippen LogP contribution is -2.38. The van der Waals surface area contributed by atoms with Gasteiger partial charge in [0, 0.05) is 45.2 Å². The molecule has 1 atom stereocenters. The third-order valence-corrected chi connectivity index (χ3v) is 3.79. The molecule has 2 N–H and O–H groups in total. The van der Waals surface area contributed by atoms with Gasteiger partial charge in [-0.3, -0.25) is 4.99 Å². The minimum absolute atomic E-state index is 0.264. The first-order valence-electron chi connectivity index (χ1n) is 9.23. The number of aromatic nitrogens is 2. The second-order valence-electron chi connectivity index (χ2n) is 6.35. The molecule has 1 saturated heterocycles. The molecule has 0 amide bonds. The number of ether oxygens (including phenoxy) is 2. The average Bonchev–Trinajstić information content (AvgIpc) is 3.26. The van der Waals surface area contributed by atoms with Gasteiger partial charge in [-0.15, -0.1) is 0 Å². The lowest BCUT2D eigenvalue weighted by atomic mass is 10.2. The van der Waals surface area contributed by atoms with Crippen molar-refractivity contribution in [1.82, 2.24) is 20.8 Å². The fraction of sp³-hybridized carbons (Fsp3) is 0.824. The van der Waals surface area contributed by atoms with Crippen molar-refractivity contribution < 1.29 is 14.0 Å². The van der Waals surface area contributed by atoms with E-state index in [0.29, 0.717) is 18.9 Å². The topological polar surface area (TPSA) is 93.8 Å². The van der Waals surface area contributed by atoms with E-state index in [1.54, 1.807) is 0 Å². The number of nitrogens with zero attached hydrogens (tertiary/aromatic N) is 3. The predicted molar refractivity (Wildman–Crippen MR) is 95.9 cm³/mol. The summed E-state index contributed by atoms with van der Waals surface area (Å²) in [6, 6.07) is 0. The van der Waals surface area contributed by atoms with Crippen LogP contribution in [-0.4, -0.2) is 61.7 Å². The maximum atomic E-state index is 5.74. The third kappa shape index (κ3) is 7.39. The molecule has 1 aliphatic rings. The highest BCUT2D eigenvalue weighted by Gasteiger charge is 2.15. The molecule has 1 aromatic rings. The zero-order valence-electron chi connectivity index (χ0n) is 15.6. The molecule has 8 nitrogen and oxygen atoms in total. The van der Waals surface area contributed by atoms with Gasteiger partial charge in [0.2, 0.25) is 5.89 Å². The van der Waals surface area contributed by atoms with Crippen LogP contribution in [0.15, 0.2) is 9.52 Å². The zero-order chi connectivity index (χ0) is 17.9. The van der Waals surface area contributed by atoms with Crippen LogP contribution in [-0.2, 0) is 15.9 Å². The molecule has 0 aromatic carbocycles. The van der Waals surface area contributed by atoms with Crippen molar-refractivity contribution in [3.63, 3.8) is 0 Å². The predicted octanol–water partition coefficient (Wildman–Crippen LogP) is 1.49. The first-order valence-corrected chi connectivity index (χ1v) is 9.23. The average molecular weight is 353 g/mol. The fourth-order valence-electron chi connectivity index (χ4n) is 2.38. The van der Waals surface area contributed by atoms with Crippen molar-refractivity contribution in [3.8, 4) is 0 Å². The number of hydrogen-bond acceptors (Lipinski definition) is 6. The van der Waals surface area contributed by atoms with Crippen LogP contribution < -0.4 is 10.6 Å². The van der Waals surface area contributed by atoms with E-state index >= 15 is 0 Å². The molecule has 0 spiro atoms. The highest BCUT2D eigenvalue weighted by Crippen LogP contribution is 2.09. The minimum Gasteiger partial charge on any atom is -0.379 e. The molecule has 0 saturated carbocycles. The second kappa shape index (κ2) is 11.0. The summed E-state index contributed by atoms with van der Waals surface area (Å²) in [6.07, 6.45) is 2.84. The molecule has 1 unspecified atom stereocenters. The summed E-state index contributed by atoms with van der Waals surface area (Å²) in [7, 11) is 0. The standard InChI is InChI=1S/C17H31N5O3/c1-4-18-17(19-8-5-10-24-14-7-11-23-12-14)20-9-6-15-21-16(13(2)3)22-25-15/h13-14H,4-12H2,1-3H3,(H2,18,19,20). The summed E-state index contributed by atoms with van der Waals surface area (Å²) < 4.78 is 16.3. The molecular weight excluding hydrogens is 322 g/mol. The molecule has 25 heavy (non-hydrogen) atoms. The van der Waals surface area contributed by atoms with Crippen LogP contribution in [0.5, 0.6) is 0 Å². The van der Waals surface area contributed by atoms with Crippen LogP contribution in [0.1, 0.15) is 51.2 Å². The molecule has 1 aromatic heterocycles. The van der Waals surface area contributed by atoms with Gasteiger partial charge in [-0.05, 0) is 19.8 Å². The Bertz CT molecular complexity index is 512. The Kier molecular flexibility index (Phi) is 8.68. The highest BCUT2D eigenvalue weighted by molar-refractivity contribution is 5.79. The van der Waals surface area contributed by atoms with Crippen LogP contribution in [0.25, 0.3) is 0 Å². The minimum atomic E-state index is 0.264. The van der Waals surface area contributed by atoms with Crippen LogP contribution >= 0.6 is 0 Å². The largest absolute Gasteiger partial charge is 0.379 e. The SMILES string of the molecule is CCNC(=NCCCOC1CCOC1)NCCc1nc(C(C)C)no1. The number of aliphatic imine (C=N–C) groups is 1. The van der Waals surface area contributed by atoms with Gasteiger partial charge in [-0.25, -0.2) is 0 Å². The van der Waals surface area contributed by atoms with Gasteiger partial charge >= 0.3 is 0 Å². The Morgan fingerprint density at radius 3 is 2.96 bits per heavy atom. The first-order chi connectivity index (χ1) is 12.2. The van der Waals surface area contributed by atoms with E-state index in [-0.39, 0.29) is 12.0 Å². The number of guanidine groups is 1. The molecule has 8 heteroatoms. The first kappa shape index (κ1) is 19.7. The maximum absolute atomic E-state index is 5.74. The van der Waals surface area contributed by atoms with Crippen LogP contribution in [0, 0.1) is 0 Å². The lowest BCUT2D eigenvalue weighted by molar-refractivity contribution is 0.0424. The molecule has 1 aliphatic heterocycles. The van der Waals surface area contributed by atoms with Gasteiger partial charge in [-0.2, -0.15) is 4.98 Å². The Balaban J connectivity index is 1.64. The molecule has 1 fully saturated rings. The van der Waals surface area contributed by atoms with Crippen LogP contribution in [0.2, 0.25) is 0 Å². The van der Waals surface area contributed by atoms with E-state index in [1.807, 2.05) is 20.8 Å². The molecule has 142 valence electrons. The van der Waals surface area contributed by atoms with Crippen molar-refractivity contribution >= 4 is 5.96 Å². The fourth-order valence-corrected chi connectivity index (χ4v) is 2.38. The Morgan fingerprint density at radius 2 is 2.28 bits per heavy atom. The number of nitrogens with one attached hydrogen (secondary N) is 2. The van der Waals surface area contributed by atoms with E-state index in [2.05, 4.69) is 25.8 Å². The third-order valence-electron chi connectivity index (χ3n) is 3.79. The molecule has 0 aliphatic carbocycles. The second-order valence-corrected chi connectivity index (χ2v) is 6.35. The quantitative estimate of drug-likeness (QED) is 0.374. The number of hydrogen-bond donors (Lipinski definition) is 2. The van der Waals surface area contributed by atoms with E-state index in [1.165, 1.54) is 0 Å². The summed E-state index contributed by atoms with van der Waals surface area (Å²) in [5, 5.41) is 10.5. The van der Waals surface area contributed by atoms with Gasteiger partial charge in [0.25, 0.3) is 0 Å². The van der Waals surface area contributed by atoms with Crippen molar-refractivity contribution in [2.24, 2.45) is 4.99 Å². The van der Waals surface area contributed by atoms with Crippen LogP contribution in [0.4, 0.5) is 0 Å². The molecule has 2 heterocycles. The Morgan fingerprint density at radius 1 is 1.40 bits per heavy atom. The van der Waals surface area contributed by atoms with Crippen molar-refractivity contribution in [2.75, 3.05) is 39.5 Å². The summed E-state index contributed by atoms with van der Waals surface area (Å²) in [4.78, 5) is 8.93. The van der Waals surface area contributed by atoms with Gasteiger partial charge in [-0.1, -0.05) is 19.0 Å². The van der Waals surface area contributed by atoms with Gasteiger partial charge in [0.05, 0.1) is 12.7 Å². The van der Waals surface area contributed by atoms with Crippen LogP contribution in [0.3, 0.4) is 0 Å². The Hall–Kier alpha value is -1.67. The summed E-state index contributed by atoms with van der Waals surface area (Å²) in [5.41, 5.74) is 0. The van der Waals surface area contributed by atoms with E-state index in [0.717, 1.165) is 57.5 Å². The molecular formula is C17H31N5O3. The van der Waals surface area contributed by atoms with Gasteiger partial charge in [0.15, 0.2) is 11.8 Å². The van der Waals surface area contributed by atoms with Crippen molar-refractivity contribution in [2.45, 2.75) is 52.1 Å². The Labute approximate surface area is 149 Å². The summed E-state index contributed by atoms with van der Waals surface area (Å²) in [6.45, 7) is 10.6. The lowest BCUT2D eigenvalue weighted by Gasteiger charge is -2.11. The van der Waals surface area contributed by atoms with Crippen molar-refractivity contribution in [3.05, 3.63) is 11.7 Å². The number of rotatable bonds is 10. The van der Waals surface area contributed by atoms with Gasteiger partial charge in [0.1, 0.15) is 0 Å². The normalized spacial score (nSPS) is 18.1. The van der Waals surface area contributed by atoms with Gasteiger partial charge < -0.3 is 24.6 Å².